The van der Waals surface area contributed by atoms with E-state index in [1.165, 1.54) is 19.3 Å². The van der Waals surface area contributed by atoms with Crippen LogP contribution in [-0.4, -0.2) is 18.1 Å². The molecule has 0 aliphatic heterocycles. The number of ether oxygens (including phenoxy) is 1. The maximum atomic E-state index is 12.5. The number of hydrogen-bond acceptors (Lipinski definition) is 2. The topological polar surface area (TPSA) is 38.3 Å². The highest BCUT2D eigenvalue weighted by atomic mass is 16.5. The van der Waals surface area contributed by atoms with Crippen LogP contribution >= 0.6 is 0 Å². The third-order valence-electron chi connectivity index (χ3n) is 5.09. The maximum Gasteiger partial charge on any atom is 0.261 e. The number of aryl methyl sites for hydroxylation is 1. The molecule has 1 aromatic rings. The lowest BCUT2D eigenvalue weighted by Crippen LogP contribution is -2.45. The third kappa shape index (κ3) is 3.07. The number of nitrogens with one attached hydrogen (secondary N) is 1. The summed E-state index contributed by atoms with van der Waals surface area (Å²) in [4.78, 5) is 12.5. The summed E-state index contributed by atoms with van der Waals surface area (Å²) in [6.07, 6.45) is 5.42. The summed E-state index contributed by atoms with van der Waals surface area (Å²) >= 11 is 0. The summed E-state index contributed by atoms with van der Waals surface area (Å²) in [5.74, 6) is 2.42. The Morgan fingerprint density at radius 2 is 2.14 bits per heavy atom. The summed E-state index contributed by atoms with van der Waals surface area (Å²) in [5.41, 5.74) is 1.07. The molecular weight excluding hydrogens is 262 g/mol. The number of amides is 1. The van der Waals surface area contributed by atoms with E-state index in [0.29, 0.717) is 18.4 Å². The SMILES string of the molecule is CC[C@@H](Oc1ccccc1C)C(=O)N[C@H]1C[C@@H]2CC[C@@H]1C2. The molecule has 2 aliphatic carbocycles. The molecule has 2 fully saturated rings. The Bertz CT molecular complexity index is 514. The summed E-state index contributed by atoms with van der Waals surface area (Å²) < 4.78 is 5.93. The lowest BCUT2D eigenvalue weighted by molar-refractivity contribution is -0.129. The van der Waals surface area contributed by atoms with Crippen LogP contribution in [-0.2, 0) is 4.79 Å². The fourth-order valence-corrected chi connectivity index (χ4v) is 3.86. The van der Waals surface area contributed by atoms with Crippen molar-refractivity contribution in [2.24, 2.45) is 11.8 Å². The quantitative estimate of drug-likeness (QED) is 0.900. The maximum absolute atomic E-state index is 12.5. The number of fused-ring (bicyclic) bond motifs is 2. The number of para-hydroxylation sites is 1. The van der Waals surface area contributed by atoms with Crippen molar-refractivity contribution in [3.8, 4) is 5.75 Å². The lowest BCUT2D eigenvalue weighted by atomic mass is 9.95. The largest absolute Gasteiger partial charge is 0.480 e. The molecule has 1 N–H and O–H groups in total. The van der Waals surface area contributed by atoms with Crippen molar-refractivity contribution in [2.75, 3.05) is 0 Å². The smallest absolute Gasteiger partial charge is 0.261 e. The fraction of sp³-hybridized carbons (Fsp3) is 0.611. The van der Waals surface area contributed by atoms with Crippen LogP contribution < -0.4 is 10.1 Å². The summed E-state index contributed by atoms with van der Waals surface area (Å²) in [6.45, 7) is 4.01. The molecule has 0 radical (unpaired) electrons. The Kier molecular flexibility index (Phi) is 4.18. The summed E-state index contributed by atoms with van der Waals surface area (Å²) in [7, 11) is 0. The van der Waals surface area contributed by atoms with Crippen molar-refractivity contribution in [1.29, 1.82) is 0 Å². The highest BCUT2D eigenvalue weighted by Gasteiger charge is 2.40. The van der Waals surface area contributed by atoms with Gasteiger partial charge in [0.15, 0.2) is 6.10 Å². The van der Waals surface area contributed by atoms with Gasteiger partial charge in [0.05, 0.1) is 0 Å². The third-order valence-corrected chi connectivity index (χ3v) is 5.09. The number of rotatable bonds is 5. The molecule has 3 rings (SSSR count). The van der Waals surface area contributed by atoms with E-state index in [-0.39, 0.29) is 12.0 Å². The first-order chi connectivity index (χ1) is 10.2. The van der Waals surface area contributed by atoms with Crippen LogP contribution in [0.1, 0.15) is 44.6 Å². The van der Waals surface area contributed by atoms with Gasteiger partial charge in [-0.25, -0.2) is 0 Å². The average Bonchev–Trinajstić information content (AvgIpc) is 3.09. The van der Waals surface area contributed by atoms with Gasteiger partial charge in [-0.2, -0.15) is 0 Å². The highest BCUT2D eigenvalue weighted by Crippen LogP contribution is 2.44. The van der Waals surface area contributed by atoms with E-state index in [4.69, 9.17) is 4.74 Å². The number of carbonyl (C=O) groups is 1. The molecule has 1 aromatic carbocycles. The minimum Gasteiger partial charge on any atom is -0.480 e. The van der Waals surface area contributed by atoms with Gasteiger partial charge in [0.25, 0.3) is 5.91 Å². The van der Waals surface area contributed by atoms with Crippen LogP contribution in [0.15, 0.2) is 24.3 Å². The Balaban J connectivity index is 1.60. The molecule has 0 saturated heterocycles. The molecule has 4 atom stereocenters. The monoisotopic (exact) mass is 287 g/mol. The van der Waals surface area contributed by atoms with Crippen molar-refractivity contribution in [1.82, 2.24) is 5.32 Å². The zero-order valence-electron chi connectivity index (χ0n) is 13.0. The van der Waals surface area contributed by atoms with E-state index in [0.717, 1.165) is 23.7 Å². The van der Waals surface area contributed by atoms with Gasteiger partial charge in [0.1, 0.15) is 5.75 Å². The fourth-order valence-electron chi connectivity index (χ4n) is 3.86. The molecule has 2 bridgehead atoms. The van der Waals surface area contributed by atoms with Gasteiger partial charge in [-0.3, -0.25) is 4.79 Å². The number of carbonyl (C=O) groups excluding carboxylic acids is 1. The molecule has 114 valence electrons. The first-order valence-corrected chi connectivity index (χ1v) is 8.20. The molecule has 2 saturated carbocycles. The van der Waals surface area contributed by atoms with Gasteiger partial charge >= 0.3 is 0 Å². The lowest BCUT2D eigenvalue weighted by Gasteiger charge is -2.26. The minimum atomic E-state index is -0.384. The minimum absolute atomic E-state index is 0.0540. The number of benzene rings is 1. The van der Waals surface area contributed by atoms with E-state index in [2.05, 4.69) is 5.32 Å². The van der Waals surface area contributed by atoms with E-state index >= 15 is 0 Å². The Morgan fingerprint density at radius 1 is 1.33 bits per heavy atom. The average molecular weight is 287 g/mol. The van der Waals surface area contributed by atoms with Crippen LogP contribution in [0.5, 0.6) is 5.75 Å². The van der Waals surface area contributed by atoms with Gasteiger partial charge in [-0.1, -0.05) is 31.5 Å². The molecule has 0 aromatic heterocycles. The molecular formula is C18H25NO2. The summed E-state index contributed by atoms with van der Waals surface area (Å²) in [5, 5.41) is 3.24. The molecule has 1 amide bonds. The van der Waals surface area contributed by atoms with Crippen LogP contribution in [0.25, 0.3) is 0 Å². The highest BCUT2D eigenvalue weighted by molar-refractivity contribution is 5.81. The standard InChI is InChI=1S/C18H25NO2/c1-3-16(21-17-7-5-4-6-12(17)2)18(20)19-15-11-13-8-9-14(15)10-13/h4-7,13-16H,3,8-11H2,1-2H3,(H,19,20)/t13-,14-,15+,16-/m1/s1. The van der Waals surface area contributed by atoms with Crippen LogP contribution in [0.4, 0.5) is 0 Å². The number of hydrogen-bond donors (Lipinski definition) is 1. The van der Waals surface area contributed by atoms with Gasteiger partial charge in [-0.15, -0.1) is 0 Å². The van der Waals surface area contributed by atoms with Crippen molar-refractivity contribution in [2.45, 2.75) is 58.1 Å². The molecule has 21 heavy (non-hydrogen) atoms. The van der Waals surface area contributed by atoms with Crippen LogP contribution in [0.3, 0.4) is 0 Å². The predicted molar refractivity (Wildman–Crippen MR) is 83.3 cm³/mol. The van der Waals surface area contributed by atoms with E-state index < -0.39 is 0 Å². The van der Waals surface area contributed by atoms with Crippen molar-refractivity contribution >= 4 is 5.91 Å². The van der Waals surface area contributed by atoms with Gasteiger partial charge in [0, 0.05) is 6.04 Å². The zero-order chi connectivity index (χ0) is 14.8. The van der Waals surface area contributed by atoms with E-state index in [1.54, 1.807) is 0 Å². The first kappa shape index (κ1) is 14.4. The van der Waals surface area contributed by atoms with E-state index in [1.807, 2.05) is 38.1 Å². The van der Waals surface area contributed by atoms with Gasteiger partial charge < -0.3 is 10.1 Å². The second-order valence-corrected chi connectivity index (χ2v) is 6.57. The van der Waals surface area contributed by atoms with E-state index in [9.17, 15) is 4.79 Å². The first-order valence-electron chi connectivity index (χ1n) is 8.20. The molecule has 0 heterocycles. The van der Waals surface area contributed by atoms with Crippen LogP contribution in [0.2, 0.25) is 0 Å². The summed E-state index contributed by atoms with van der Waals surface area (Å²) in [6, 6.07) is 8.26. The molecule has 2 aliphatic rings. The van der Waals surface area contributed by atoms with Crippen molar-refractivity contribution in [3.05, 3.63) is 29.8 Å². The molecule has 3 nitrogen and oxygen atoms in total. The Morgan fingerprint density at radius 3 is 2.76 bits per heavy atom. The Labute approximate surface area is 127 Å². The molecule has 3 heteroatoms. The molecule has 0 spiro atoms. The predicted octanol–water partition coefficient (Wildman–Crippen LogP) is 3.46. The second-order valence-electron chi connectivity index (χ2n) is 6.57. The van der Waals surface area contributed by atoms with Crippen LogP contribution in [0, 0.1) is 18.8 Å². The zero-order valence-corrected chi connectivity index (χ0v) is 13.0. The Hall–Kier alpha value is -1.51. The second kappa shape index (κ2) is 6.08. The van der Waals surface area contributed by atoms with Gasteiger partial charge in [-0.05, 0) is 56.1 Å². The normalized spacial score (nSPS) is 28.4. The van der Waals surface area contributed by atoms with Crippen molar-refractivity contribution < 1.29 is 9.53 Å². The van der Waals surface area contributed by atoms with Crippen molar-refractivity contribution in [3.63, 3.8) is 0 Å². The molecule has 0 unspecified atom stereocenters. The van der Waals surface area contributed by atoms with Gasteiger partial charge in [0.2, 0.25) is 0 Å².